The van der Waals surface area contributed by atoms with E-state index in [1.807, 2.05) is 35.9 Å². The van der Waals surface area contributed by atoms with E-state index in [4.69, 9.17) is 9.84 Å². The minimum Gasteiger partial charge on any atom is -0.496 e. The van der Waals surface area contributed by atoms with Gasteiger partial charge in [0.2, 0.25) is 11.8 Å². The van der Waals surface area contributed by atoms with Gasteiger partial charge in [-0.1, -0.05) is 70.5 Å². The Morgan fingerprint density at radius 3 is 2.48 bits per heavy atom. The molecule has 0 fully saturated rings. The molecule has 4 rings (SSSR count). The van der Waals surface area contributed by atoms with Crippen LogP contribution in [0.15, 0.2) is 42.5 Å². The van der Waals surface area contributed by atoms with E-state index >= 15 is 0 Å². The summed E-state index contributed by atoms with van der Waals surface area (Å²) in [7, 11) is 1.67. The molecule has 1 aromatic heterocycles. The van der Waals surface area contributed by atoms with Gasteiger partial charge in [0.1, 0.15) is 18.1 Å². The van der Waals surface area contributed by atoms with Crippen molar-refractivity contribution in [2.75, 3.05) is 24.3 Å². The number of anilines is 1. The van der Waals surface area contributed by atoms with Crippen LogP contribution >= 0.6 is 11.8 Å². The number of thioether (sulfide) groups is 1. The topological polar surface area (TPSA) is 76.5 Å². The van der Waals surface area contributed by atoms with Gasteiger partial charge in [0, 0.05) is 22.6 Å². The highest BCUT2D eigenvalue weighted by molar-refractivity contribution is 8.00. The van der Waals surface area contributed by atoms with E-state index in [2.05, 4.69) is 72.0 Å². The zero-order chi connectivity index (χ0) is 29.4. The van der Waals surface area contributed by atoms with Gasteiger partial charge < -0.3 is 10.1 Å². The number of carbonyl (C=O) groups is 2. The molecule has 40 heavy (non-hydrogen) atoms. The predicted octanol–water partition coefficient (Wildman–Crippen LogP) is 6.13. The number of aryl methyl sites for hydroxylation is 2. The first-order valence-electron chi connectivity index (χ1n) is 13.9. The standard InChI is InChI=1S/C32H42N4O3S/c1-19(2)22(5)33-26(37)17-35-27(38)18-40-29(23-12-10-11-13-25(23)39-9)28-30(32(6,7)8)34-36(31(28)35)24-15-14-20(3)16-21(24)4/h10-16,19,22,29H,17-18H2,1-9H3,(H,33,37). The predicted molar refractivity (Wildman–Crippen MR) is 164 cm³/mol. The summed E-state index contributed by atoms with van der Waals surface area (Å²) < 4.78 is 7.67. The lowest BCUT2D eigenvalue weighted by Gasteiger charge is -2.26. The number of ether oxygens (including phenoxy) is 1. The van der Waals surface area contributed by atoms with E-state index in [1.54, 1.807) is 23.8 Å². The fourth-order valence-electron chi connectivity index (χ4n) is 5.02. The Kier molecular flexibility index (Phi) is 8.69. The van der Waals surface area contributed by atoms with Gasteiger partial charge in [-0.3, -0.25) is 14.5 Å². The van der Waals surface area contributed by atoms with Gasteiger partial charge in [-0.05, 0) is 44.4 Å². The smallest absolute Gasteiger partial charge is 0.240 e. The minimum atomic E-state index is -0.331. The van der Waals surface area contributed by atoms with Crippen molar-refractivity contribution in [3.63, 3.8) is 0 Å². The number of rotatable bonds is 7. The van der Waals surface area contributed by atoms with E-state index in [1.165, 1.54) is 0 Å². The Hall–Kier alpha value is -3.26. The Bertz CT molecular complexity index is 1410. The fourth-order valence-corrected chi connectivity index (χ4v) is 6.25. The lowest BCUT2D eigenvalue weighted by molar-refractivity contribution is -0.123. The van der Waals surface area contributed by atoms with Crippen LogP contribution in [0.5, 0.6) is 5.75 Å². The summed E-state index contributed by atoms with van der Waals surface area (Å²) in [5.74, 6) is 1.60. The first-order valence-corrected chi connectivity index (χ1v) is 14.9. The van der Waals surface area contributed by atoms with Crippen LogP contribution in [0.3, 0.4) is 0 Å². The summed E-state index contributed by atoms with van der Waals surface area (Å²) >= 11 is 1.56. The molecule has 7 nitrogen and oxygen atoms in total. The lowest BCUT2D eigenvalue weighted by Crippen LogP contribution is -2.46. The second-order valence-corrected chi connectivity index (χ2v) is 13.1. The molecule has 1 aliphatic rings. The van der Waals surface area contributed by atoms with Gasteiger partial charge in [-0.15, -0.1) is 11.8 Å². The number of fused-ring (bicyclic) bond motifs is 1. The van der Waals surface area contributed by atoms with Crippen molar-refractivity contribution in [3.8, 4) is 11.4 Å². The van der Waals surface area contributed by atoms with Crippen LogP contribution in [0, 0.1) is 19.8 Å². The molecule has 0 spiro atoms. The third kappa shape index (κ3) is 5.92. The second kappa shape index (κ2) is 11.7. The van der Waals surface area contributed by atoms with Crippen molar-refractivity contribution in [3.05, 3.63) is 70.4 Å². The third-order valence-corrected chi connectivity index (χ3v) is 8.73. The summed E-state index contributed by atoms with van der Waals surface area (Å²) in [4.78, 5) is 28.9. The Labute approximate surface area is 242 Å². The number of methoxy groups -OCH3 is 1. The largest absolute Gasteiger partial charge is 0.496 e. The lowest BCUT2D eigenvalue weighted by atomic mass is 9.87. The number of aromatic nitrogens is 2. The molecular formula is C32H42N4O3S. The molecule has 2 atom stereocenters. The summed E-state index contributed by atoms with van der Waals surface area (Å²) in [6.07, 6.45) is 0. The molecule has 0 saturated carbocycles. The first kappa shape index (κ1) is 29.7. The highest BCUT2D eigenvalue weighted by Crippen LogP contribution is 2.50. The van der Waals surface area contributed by atoms with E-state index < -0.39 is 0 Å². The van der Waals surface area contributed by atoms with Gasteiger partial charge in [-0.25, -0.2) is 4.68 Å². The zero-order valence-electron chi connectivity index (χ0n) is 25.2. The van der Waals surface area contributed by atoms with Crippen molar-refractivity contribution >= 4 is 29.4 Å². The average Bonchev–Trinajstić information content (AvgIpc) is 3.21. The molecule has 8 heteroatoms. The summed E-state index contributed by atoms with van der Waals surface area (Å²) in [6.45, 7) is 16.6. The van der Waals surface area contributed by atoms with E-state index in [9.17, 15) is 9.59 Å². The second-order valence-electron chi connectivity index (χ2n) is 12.1. The maximum absolute atomic E-state index is 13.9. The van der Waals surface area contributed by atoms with Crippen molar-refractivity contribution in [2.45, 2.75) is 72.1 Å². The SMILES string of the molecule is COc1ccccc1C1SCC(=O)N(CC(=O)NC(C)C(C)C)c2c1c(C(C)(C)C)nn2-c1ccc(C)cc1C. The van der Waals surface area contributed by atoms with Crippen LogP contribution in [0.2, 0.25) is 0 Å². The minimum absolute atomic E-state index is 0.0147. The number of amides is 2. The number of hydrogen-bond donors (Lipinski definition) is 1. The highest BCUT2D eigenvalue weighted by Gasteiger charge is 2.41. The molecule has 0 saturated heterocycles. The molecule has 0 radical (unpaired) electrons. The van der Waals surface area contributed by atoms with Crippen LogP contribution in [-0.2, 0) is 15.0 Å². The summed E-state index contributed by atoms with van der Waals surface area (Å²) in [5.41, 5.74) is 5.56. The molecule has 0 aliphatic carbocycles. The number of nitrogens with one attached hydrogen (secondary N) is 1. The third-order valence-electron chi connectivity index (χ3n) is 7.49. The monoisotopic (exact) mass is 562 g/mol. The molecule has 1 aliphatic heterocycles. The summed E-state index contributed by atoms with van der Waals surface area (Å²) in [6, 6.07) is 14.2. The molecule has 214 valence electrons. The average molecular weight is 563 g/mol. The van der Waals surface area contributed by atoms with E-state index in [0.29, 0.717) is 5.82 Å². The van der Waals surface area contributed by atoms with E-state index in [0.717, 1.165) is 39.4 Å². The van der Waals surface area contributed by atoms with Gasteiger partial charge in [0.15, 0.2) is 0 Å². The Balaban J connectivity index is 2.02. The Morgan fingerprint density at radius 1 is 1.15 bits per heavy atom. The van der Waals surface area contributed by atoms with Crippen LogP contribution < -0.4 is 15.0 Å². The molecule has 2 amide bonds. The normalized spacial score (nSPS) is 16.5. The number of carbonyl (C=O) groups excluding carboxylic acids is 2. The molecule has 2 unspecified atom stereocenters. The molecule has 2 aromatic carbocycles. The maximum Gasteiger partial charge on any atom is 0.240 e. The summed E-state index contributed by atoms with van der Waals surface area (Å²) in [5, 5.41) is 8.08. The van der Waals surface area contributed by atoms with Gasteiger partial charge in [0.05, 0.1) is 29.5 Å². The Morgan fingerprint density at radius 2 is 1.85 bits per heavy atom. The van der Waals surface area contributed by atoms with Crippen LogP contribution in [0.4, 0.5) is 5.82 Å². The highest BCUT2D eigenvalue weighted by atomic mass is 32.2. The maximum atomic E-state index is 13.9. The molecule has 1 N–H and O–H groups in total. The zero-order valence-corrected chi connectivity index (χ0v) is 26.0. The van der Waals surface area contributed by atoms with Gasteiger partial charge in [-0.2, -0.15) is 5.10 Å². The molecular weight excluding hydrogens is 520 g/mol. The van der Waals surface area contributed by atoms with Crippen molar-refractivity contribution in [1.29, 1.82) is 0 Å². The molecule has 0 bridgehead atoms. The number of nitrogens with zero attached hydrogens (tertiary/aromatic N) is 3. The number of para-hydroxylation sites is 1. The van der Waals surface area contributed by atoms with Crippen molar-refractivity contribution in [2.24, 2.45) is 5.92 Å². The van der Waals surface area contributed by atoms with Crippen LogP contribution in [-0.4, -0.2) is 47.0 Å². The van der Waals surface area contributed by atoms with Gasteiger partial charge >= 0.3 is 0 Å². The van der Waals surface area contributed by atoms with Crippen LogP contribution in [0.25, 0.3) is 5.69 Å². The van der Waals surface area contributed by atoms with Crippen LogP contribution in [0.1, 0.15) is 74.7 Å². The molecule has 3 aromatic rings. The van der Waals surface area contributed by atoms with Crippen molar-refractivity contribution < 1.29 is 14.3 Å². The number of benzene rings is 2. The van der Waals surface area contributed by atoms with Gasteiger partial charge in [0.25, 0.3) is 0 Å². The van der Waals surface area contributed by atoms with Crippen molar-refractivity contribution in [1.82, 2.24) is 15.1 Å². The first-order chi connectivity index (χ1) is 18.8. The fraction of sp³-hybridized carbons (Fsp3) is 0.469. The molecule has 2 heterocycles. The number of hydrogen-bond acceptors (Lipinski definition) is 5. The van der Waals surface area contributed by atoms with E-state index in [-0.39, 0.29) is 46.7 Å². The quantitative estimate of drug-likeness (QED) is 0.375.